The first kappa shape index (κ1) is 15.7. The van der Waals surface area contributed by atoms with Crippen molar-refractivity contribution in [2.45, 2.75) is 39.4 Å². The molecule has 0 fully saturated rings. The van der Waals surface area contributed by atoms with Crippen LogP contribution in [-0.2, 0) is 13.1 Å². The normalized spacial score (nSPS) is 12.8. The van der Waals surface area contributed by atoms with Gasteiger partial charge in [-0.25, -0.2) is 4.68 Å². The summed E-state index contributed by atoms with van der Waals surface area (Å²) in [6.07, 6.45) is 2.95. The van der Waals surface area contributed by atoms with Crippen LogP contribution in [0.1, 0.15) is 37.6 Å². The van der Waals surface area contributed by atoms with Gasteiger partial charge in [-0.3, -0.25) is 0 Å². The van der Waals surface area contributed by atoms with Crippen molar-refractivity contribution >= 4 is 0 Å². The molecule has 1 aromatic carbocycles. The molecule has 5 nitrogen and oxygen atoms in total. The summed E-state index contributed by atoms with van der Waals surface area (Å²) in [5.41, 5.74) is 2.20. The number of nitrogens with one attached hydrogen (secondary N) is 1. The fourth-order valence-electron chi connectivity index (χ4n) is 2.35. The SMILES string of the molecule is CC(C)CC(NCc1cn(CCO)nn1)c1ccccc1. The molecule has 21 heavy (non-hydrogen) atoms. The molecule has 0 saturated heterocycles. The molecule has 0 aliphatic rings. The van der Waals surface area contributed by atoms with Crippen LogP contribution in [0.2, 0.25) is 0 Å². The largest absolute Gasteiger partial charge is 0.394 e. The van der Waals surface area contributed by atoms with Gasteiger partial charge in [0.2, 0.25) is 0 Å². The third-order valence-electron chi connectivity index (χ3n) is 3.35. The summed E-state index contributed by atoms with van der Waals surface area (Å²) >= 11 is 0. The van der Waals surface area contributed by atoms with Crippen LogP contribution < -0.4 is 5.32 Å². The molecule has 5 heteroatoms. The van der Waals surface area contributed by atoms with Crippen LogP contribution in [0, 0.1) is 5.92 Å². The Morgan fingerprint density at radius 2 is 2.00 bits per heavy atom. The predicted molar refractivity (Wildman–Crippen MR) is 82.6 cm³/mol. The summed E-state index contributed by atoms with van der Waals surface area (Å²) in [4.78, 5) is 0. The third-order valence-corrected chi connectivity index (χ3v) is 3.35. The van der Waals surface area contributed by atoms with Gasteiger partial charge < -0.3 is 10.4 Å². The van der Waals surface area contributed by atoms with Crippen LogP contribution in [0.3, 0.4) is 0 Å². The molecular formula is C16H24N4O. The second-order valence-corrected chi connectivity index (χ2v) is 5.67. The van der Waals surface area contributed by atoms with E-state index in [-0.39, 0.29) is 6.61 Å². The number of aromatic nitrogens is 3. The quantitative estimate of drug-likeness (QED) is 0.781. The fraction of sp³-hybridized carbons (Fsp3) is 0.500. The molecule has 2 aromatic rings. The van der Waals surface area contributed by atoms with Crippen LogP contribution in [-0.4, -0.2) is 26.7 Å². The summed E-state index contributed by atoms with van der Waals surface area (Å²) in [6.45, 7) is 5.71. The van der Waals surface area contributed by atoms with Crippen molar-refractivity contribution in [3.63, 3.8) is 0 Å². The minimum Gasteiger partial charge on any atom is -0.394 e. The third kappa shape index (κ3) is 4.95. The van der Waals surface area contributed by atoms with E-state index in [0.717, 1.165) is 12.1 Å². The van der Waals surface area contributed by atoms with Gasteiger partial charge in [-0.2, -0.15) is 0 Å². The first-order chi connectivity index (χ1) is 10.2. The fourth-order valence-corrected chi connectivity index (χ4v) is 2.35. The number of aliphatic hydroxyl groups is 1. The zero-order chi connectivity index (χ0) is 15.1. The van der Waals surface area contributed by atoms with Crippen molar-refractivity contribution in [3.8, 4) is 0 Å². The lowest BCUT2D eigenvalue weighted by Gasteiger charge is -2.20. The maximum absolute atomic E-state index is 8.89. The molecule has 0 aliphatic carbocycles. The van der Waals surface area contributed by atoms with Crippen molar-refractivity contribution < 1.29 is 5.11 Å². The van der Waals surface area contributed by atoms with E-state index < -0.39 is 0 Å². The van der Waals surface area contributed by atoms with Gasteiger partial charge in [-0.15, -0.1) is 5.10 Å². The summed E-state index contributed by atoms with van der Waals surface area (Å²) in [5.74, 6) is 0.618. The number of benzene rings is 1. The average Bonchev–Trinajstić information content (AvgIpc) is 2.92. The molecule has 0 bridgehead atoms. The molecule has 1 unspecified atom stereocenters. The molecule has 1 atom stereocenters. The Labute approximate surface area is 126 Å². The zero-order valence-corrected chi connectivity index (χ0v) is 12.7. The lowest BCUT2D eigenvalue weighted by molar-refractivity contribution is 0.268. The highest BCUT2D eigenvalue weighted by molar-refractivity contribution is 5.19. The standard InChI is InChI=1S/C16H24N4O/c1-13(2)10-16(14-6-4-3-5-7-14)17-11-15-12-20(8-9-21)19-18-15/h3-7,12-13,16-17,21H,8-11H2,1-2H3. The predicted octanol–water partition coefficient (Wildman–Crippen LogP) is 2.15. The van der Waals surface area contributed by atoms with Crippen LogP contribution in [0.15, 0.2) is 36.5 Å². The van der Waals surface area contributed by atoms with Gasteiger partial charge in [-0.05, 0) is 17.9 Å². The highest BCUT2D eigenvalue weighted by Gasteiger charge is 2.13. The van der Waals surface area contributed by atoms with Crippen molar-refractivity contribution in [2.75, 3.05) is 6.61 Å². The van der Waals surface area contributed by atoms with Crippen LogP contribution >= 0.6 is 0 Å². The topological polar surface area (TPSA) is 63.0 Å². The van der Waals surface area contributed by atoms with Crippen molar-refractivity contribution in [1.82, 2.24) is 20.3 Å². The van der Waals surface area contributed by atoms with Crippen molar-refractivity contribution in [1.29, 1.82) is 0 Å². The molecule has 0 radical (unpaired) electrons. The molecule has 114 valence electrons. The molecule has 1 heterocycles. The van der Waals surface area contributed by atoms with Crippen LogP contribution in [0.25, 0.3) is 0 Å². The Bertz CT molecular complexity index is 524. The Morgan fingerprint density at radius 3 is 2.67 bits per heavy atom. The van der Waals surface area contributed by atoms with Crippen LogP contribution in [0.5, 0.6) is 0 Å². The van der Waals surface area contributed by atoms with Gasteiger partial charge in [0, 0.05) is 18.8 Å². The lowest BCUT2D eigenvalue weighted by atomic mass is 9.97. The van der Waals surface area contributed by atoms with E-state index in [1.807, 2.05) is 12.3 Å². The minimum atomic E-state index is 0.0796. The molecule has 0 saturated carbocycles. The van der Waals surface area contributed by atoms with Gasteiger partial charge in [-0.1, -0.05) is 49.4 Å². The van der Waals surface area contributed by atoms with Gasteiger partial charge in [0.05, 0.1) is 18.8 Å². The lowest BCUT2D eigenvalue weighted by Crippen LogP contribution is -2.22. The van der Waals surface area contributed by atoms with E-state index in [2.05, 4.69) is 53.7 Å². The molecule has 2 N–H and O–H groups in total. The van der Waals surface area contributed by atoms with E-state index in [1.165, 1.54) is 5.56 Å². The van der Waals surface area contributed by atoms with Crippen molar-refractivity contribution in [2.24, 2.45) is 5.92 Å². The molecule has 0 spiro atoms. The highest BCUT2D eigenvalue weighted by atomic mass is 16.3. The molecule has 0 amide bonds. The first-order valence-corrected chi connectivity index (χ1v) is 7.47. The molecule has 1 aromatic heterocycles. The number of nitrogens with zero attached hydrogens (tertiary/aromatic N) is 3. The Balaban J connectivity index is 1.98. The van der Waals surface area contributed by atoms with E-state index in [0.29, 0.717) is 25.0 Å². The maximum Gasteiger partial charge on any atom is 0.0965 e. The summed E-state index contributed by atoms with van der Waals surface area (Å²) in [5, 5.41) is 20.6. The minimum absolute atomic E-state index is 0.0796. The number of aliphatic hydroxyl groups excluding tert-OH is 1. The Morgan fingerprint density at radius 1 is 1.24 bits per heavy atom. The Kier molecular flexibility index (Phi) is 5.90. The van der Waals surface area contributed by atoms with E-state index in [1.54, 1.807) is 4.68 Å². The van der Waals surface area contributed by atoms with Crippen LogP contribution in [0.4, 0.5) is 0 Å². The van der Waals surface area contributed by atoms with E-state index >= 15 is 0 Å². The zero-order valence-electron chi connectivity index (χ0n) is 12.7. The van der Waals surface area contributed by atoms with Gasteiger partial charge in [0.15, 0.2) is 0 Å². The van der Waals surface area contributed by atoms with Gasteiger partial charge in [0.25, 0.3) is 0 Å². The Hall–Kier alpha value is -1.72. The molecule has 0 aliphatic heterocycles. The monoisotopic (exact) mass is 288 g/mol. The number of hydrogen-bond acceptors (Lipinski definition) is 4. The van der Waals surface area contributed by atoms with Gasteiger partial charge >= 0.3 is 0 Å². The van der Waals surface area contributed by atoms with E-state index in [4.69, 9.17) is 5.11 Å². The molecule has 2 rings (SSSR count). The summed E-state index contributed by atoms with van der Waals surface area (Å²) < 4.78 is 1.66. The number of rotatable bonds is 8. The molecular weight excluding hydrogens is 264 g/mol. The second kappa shape index (κ2) is 7.90. The van der Waals surface area contributed by atoms with Gasteiger partial charge in [0.1, 0.15) is 0 Å². The van der Waals surface area contributed by atoms with E-state index in [9.17, 15) is 0 Å². The maximum atomic E-state index is 8.89. The highest BCUT2D eigenvalue weighted by Crippen LogP contribution is 2.21. The summed E-state index contributed by atoms with van der Waals surface area (Å²) in [7, 11) is 0. The number of hydrogen-bond donors (Lipinski definition) is 2. The van der Waals surface area contributed by atoms with Crippen molar-refractivity contribution in [3.05, 3.63) is 47.8 Å². The first-order valence-electron chi connectivity index (χ1n) is 7.47. The smallest absolute Gasteiger partial charge is 0.0965 e. The summed E-state index contributed by atoms with van der Waals surface area (Å²) in [6, 6.07) is 10.8. The second-order valence-electron chi connectivity index (χ2n) is 5.67. The average molecular weight is 288 g/mol.